The van der Waals surface area contributed by atoms with Crippen LogP contribution in [0.15, 0.2) is 97.1 Å². The molecule has 7 rings (SSSR count). The van der Waals surface area contributed by atoms with Gasteiger partial charge in [-0.1, -0.05) is 91.0 Å². The Hall–Kier alpha value is -5.60. The molecule has 0 aliphatic heterocycles. The molecule has 0 bridgehead atoms. The maximum Gasteiger partial charge on any atom is 0.160 e. The molecule has 0 aliphatic rings. The highest BCUT2D eigenvalue weighted by atomic mass is 14.9. The fourth-order valence-corrected chi connectivity index (χ4v) is 8.97. The number of rotatable bonds is 6. The summed E-state index contributed by atoms with van der Waals surface area (Å²) >= 11 is 0. The van der Waals surface area contributed by atoms with Gasteiger partial charge in [0, 0.05) is 16.7 Å². The second-order valence-electron chi connectivity index (χ2n) is 15.3. The molecule has 0 N–H and O–H groups in total. The molecule has 0 atom stereocenters. The van der Waals surface area contributed by atoms with Crippen LogP contribution in [0.4, 0.5) is 0 Å². The Morgan fingerprint density at radius 2 is 0.481 bits per heavy atom. The van der Waals surface area contributed by atoms with Crippen molar-refractivity contribution in [2.45, 2.75) is 83.1 Å². The lowest BCUT2D eigenvalue weighted by atomic mass is 9.83. The third-order valence-electron chi connectivity index (χ3n) is 12.5. The first-order chi connectivity index (χ1) is 25.8. The van der Waals surface area contributed by atoms with Crippen molar-refractivity contribution in [1.82, 2.24) is 9.97 Å². The van der Waals surface area contributed by atoms with Gasteiger partial charge in [0.25, 0.3) is 0 Å². The van der Waals surface area contributed by atoms with E-state index in [0.29, 0.717) is 0 Å². The Labute approximate surface area is 323 Å². The summed E-state index contributed by atoms with van der Waals surface area (Å²) < 4.78 is 0. The van der Waals surface area contributed by atoms with Crippen LogP contribution < -0.4 is 0 Å². The van der Waals surface area contributed by atoms with Gasteiger partial charge in [-0.3, -0.25) is 0 Å². The third-order valence-corrected chi connectivity index (χ3v) is 12.5. The minimum Gasteiger partial charge on any atom is -0.228 e. The van der Waals surface area contributed by atoms with Crippen LogP contribution in [0.5, 0.6) is 0 Å². The smallest absolute Gasteiger partial charge is 0.160 e. The van der Waals surface area contributed by atoms with Crippen LogP contribution in [0.3, 0.4) is 0 Å². The zero-order valence-electron chi connectivity index (χ0n) is 34.1. The topological polar surface area (TPSA) is 25.8 Å². The normalized spacial score (nSPS) is 11.3. The molecular weight excluding hydrogens is 653 g/mol. The van der Waals surface area contributed by atoms with Crippen molar-refractivity contribution in [2.24, 2.45) is 0 Å². The molecule has 0 unspecified atom stereocenters. The van der Waals surface area contributed by atoms with Crippen molar-refractivity contribution in [3.05, 3.63) is 164 Å². The van der Waals surface area contributed by atoms with Crippen LogP contribution in [0.25, 0.3) is 67.3 Å². The van der Waals surface area contributed by atoms with Crippen molar-refractivity contribution in [1.29, 1.82) is 0 Å². The van der Waals surface area contributed by atoms with E-state index in [1.807, 2.05) is 0 Å². The van der Waals surface area contributed by atoms with Gasteiger partial charge in [-0.15, -0.1) is 0 Å². The molecule has 0 spiro atoms. The molecule has 2 heteroatoms. The summed E-state index contributed by atoms with van der Waals surface area (Å²) in [7, 11) is 0. The van der Waals surface area contributed by atoms with Gasteiger partial charge < -0.3 is 0 Å². The summed E-state index contributed by atoms with van der Waals surface area (Å²) in [5.41, 5.74) is 28.3. The molecule has 2 nitrogen and oxygen atoms in total. The number of nitrogens with zero attached hydrogens (tertiary/aromatic N) is 2. The predicted molar refractivity (Wildman–Crippen MR) is 231 cm³/mol. The standard InChI is InChI=1S/C52H52N2/c1-29-35(7)49(36(8)30(2)46(29)41-22-16-13-17-23-41)44-28-45(50-37(9)31(3)47(32(4)38(50)10)42-24-18-14-19-25-42)54-52(53-44)51-39(11)33(5)48(34(6)40(51)12)43-26-20-15-21-27-43/h13-28H,1-12H3. The second kappa shape index (κ2) is 14.3. The van der Waals surface area contributed by atoms with Gasteiger partial charge in [0.2, 0.25) is 0 Å². The number of hydrogen-bond donors (Lipinski definition) is 0. The van der Waals surface area contributed by atoms with E-state index in [2.05, 4.69) is 180 Å². The van der Waals surface area contributed by atoms with Crippen LogP contribution in [0.2, 0.25) is 0 Å². The molecule has 0 radical (unpaired) electrons. The molecule has 0 saturated heterocycles. The third kappa shape index (κ3) is 5.99. The van der Waals surface area contributed by atoms with Gasteiger partial charge in [0.15, 0.2) is 5.82 Å². The van der Waals surface area contributed by atoms with Crippen LogP contribution in [0.1, 0.15) is 66.8 Å². The van der Waals surface area contributed by atoms with Gasteiger partial charge in [-0.25, -0.2) is 9.97 Å². The lowest BCUT2D eigenvalue weighted by Gasteiger charge is -2.24. The Morgan fingerprint density at radius 3 is 0.741 bits per heavy atom. The fourth-order valence-electron chi connectivity index (χ4n) is 8.97. The summed E-state index contributed by atoms with van der Waals surface area (Å²) in [5, 5.41) is 0. The minimum atomic E-state index is 0.783. The molecule has 7 aromatic rings. The Balaban J connectivity index is 1.56. The Kier molecular flexibility index (Phi) is 9.75. The minimum absolute atomic E-state index is 0.783. The molecule has 1 heterocycles. The maximum absolute atomic E-state index is 5.57. The van der Waals surface area contributed by atoms with E-state index >= 15 is 0 Å². The molecule has 0 saturated carbocycles. The molecule has 0 fully saturated rings. The van der Waals surface area contributed by atoms with Gasteiger partial charge in [-0.05, 0) is 189 Å². The first-order valence-corrected chi connectivity index (χ1v) is 19.2. The quantitative estimate of drug-likeness (QED) is 0.172. The first kappa shape index (κ1) is 36.7. The fraction of sp³-hybridized carbons (Fsp3) is 0.231. The number of hydrogen-bond acceptors (Lipinski definition) is 2. The highest BCUT2D eigenvalue weighted by Gasteiger charge is 2.25. The Morgan fingerprint density at radius 1 is 0.259 bits per heavy atom. The van der Waals surface area contributed by atoms with E-state index in [1.54, 1.807) is 0 Å². The highest BCUT2D eigenvalue weighted by Crippen LogP contribution is 2.44. The summed E-state index contributed by atoms with van der Waals surface area (Å²) in [4.78, 5) is 11.1. The summed E-state index contributed by atoms with van der Waals surface area (Å²) in [6.45, 7) is 27.1. The summed E-state index contributed by atoms with van der Waals surface area (Å²) in [5.74, 6) is 0.783. The Bertz CT molecular complexity index is 2190. The van der Waals surface area contributed by atoms with E-state index in [-0.39, 0.29) is 0 Å². The van der Waals surface area contributed by atoms with Crippen molar-refractivity contribution >= 4 is 0 Å². The summed E-state index contributed by atoms with van der Waals surface area (Å²) in [6.07, 6.45) is 0. The van der Waals surface area contributed by atoms with E-state index in [1.165, 1.54) is 111 Å². The van der Waals surface area contributed by atoms with E-state index in [9.17, 15) is 0 Å². The molecule has 0 amide bonds. The predicted octanol–water partition coefficient (Wildman–Crippen LogP) is 14.2. The van der Waals surface area contributed by atoms with Gasteiger partial charge in [0.1, 0.15) is 0 Å². The van der Waals surface area contributed by atoms with Crippen molar-refractivity contribution < 1.29 is 0 Å². The lowest BCUT2D eigenvalue weighted by Crippen LogP contribution is -2.07. The van der Waals surface area contributed by atoms with Crippen LogP contribution in [-0.4, -0.2) is 9.97 Å². The zero-order chi connectivity index (χ0) is 38.6. The molecular formula is C52H52N2. The van der Waals surface area contributed by atoms with E-state index in [4.69, 9.17) is 9.97 Å². The number of aromatic nitrogens is 2. The molecule has 270 valence electrons. The van der Waals surface area contributed by atoms with Crippen LogP contribution in [0, 0.1) is 83.1 Å². The largest absolute Gasteiger partial charge is 0.228 e. The van der Waals surface area contributed by atoms with E-state index < -0.39 is 0 Å². The zero-order valence-corrected chi connectivity index (χ0v) is 34.1. The maximum atomic E-state index is 5.57. The van der Waals surface area contributed by atoms with Crippen molar-refractivity contribution in [3.8, 4) is 67.3 Å². The highest BCUT2D eigenvalue weighted by molar-refractivity contribution is 5.88. The van der Waals surface area contributed by atoms with Gasteiger partial charge in [-0.2, -0.15) is 0 Å². The monoisotopic (exact) mass is 704 g/mol. The van der Waals surface area contributed by atoms with Gasteiger partial charge in [0.05, 0.1) is 11.4 Å². The molecule has 54 heavy (non-hydrogen) atoms. The molecule has 1 aromatic heterocycles. The first-order valence-electron chi connectivity index (χ1n) is 19.2. The van der Waals surface area contributed by atoms with Crippen LogP contribution in [-0.2, 0) is 0 Å². The average Bonchev–Trinajstić information content (AvgIpc) is 3.17. The second-order valence-corrected chi connectivity index (χ2v) is 15.3. The molecule has 0 aliphatic carbocycles. The van der Waals surface area contributed by atoms with Crippen LogP contribution >= 0.6 is 0 Å². The van der Waals surface area contributed by atoms with Crippen molar-refractivity contribution in [2.75, 3.05) is 0 Å². The van der Waals surface area contributed by atoms with Crippen molar-refractivity contribution in [3.63, 3.8) is 0 Å². The lowest BCUT2D eigenvalue weighted by molar-refractivity contribution is 1.12. The average molecular weight is 705 g/mol. The number of benzene rings is 6. The summed E-state index contributed by atoms with van der Waals surface area (Å²) in [6, 6.07) is 34.6. The van der Waals surface area contributed by atoms with E-state index in [0.717, 1.165) is 22.8 Å². The molecule has 6 aromatic carbocycles. The SMILES string of the molecule is Cc1c(C)c(-c2cc(-c3c(C)c(C)c(-c4ccccc4)c(C)c3C)nc(-c3c(C)c(C)c(-c4ccccc4)c(C)c3C)n2)c(C)c(C)c1-c1ccccc1. The van der Waals surface area contributed by atoms with Gasteiger partial charge >= 0.3 is 0 Å².